The number of carboxylic acid groups (broad SMARTS) is 1. The molecule has 0 rings (SSSR count). The molecule has 0 heterocycles. The zero-order valence-corrected chi connectivity index (χ0v) is 14.3. The number of carbonyl (C=O) groups is 5. The Hall–Kier alpha value is -2.73. The van der Waals surface area contributed by atoms with Crippen molar-refractivity contribution >= 4 is 29.6 Å². The van der Waals surface area contributed by atoms with Crippen LogP contribution in [0.4, 0.5) is 0 Å². The summed E-state index contributed by atoms with van der Waals surface area (Å²) in [7, 11) is 0. The summed E-state index contributed by atoms with van der Waals surface area (Å²) >= 11 is 0. The van der Waals surface area contributed by atoms with Gasteiger partial charge in [0, 0.05) is 0 Å². The molecule has 11 N–H and O–H groups in total. The van der Waals surface area contributed by atoms with Crippen LogP contribution in [-0.2, 0) is 24.0 Å². The lowest BCUT2D eigenvalue weighted by Gasteiger charge is -2.22. The van der Waals surface area contributed by atoms with E-state index in [1.807, 2.05) is 0 Å². The average Bonchev–Trinajstić information content (AvgIpc) is 2.51. The predicted molar refractivity (Wildman–Crippen MR) is 90.0 cm³/mol. The van der Waals surface area contributed by atoms with Gasteiger partial charge in [0.15, 0.2) is 0 Å². The van der Waals surface area contributed by atoms with Gasteiger partial charge >= 0.3 is 5.97 Å². The van der Waals surface area contributed by atoms with Crippen molar-refractivity contribution in [3.8, 4) is 0 Å². The number of hydrogen-bond donors (Lipinski definition) is 7. The minimum Gasteiger partial charge on any atom is -0.480 e. The molecule has 0 aromatic heterocycles. The van der Waals surface area contributed by atoms with Crippen molar-refractivity contribution in [2.24, 2.45) is 22.9 Å². The highest BCUT2D eigenvalue weighted by Crippen LogP contribution is 2.04. The van der Waals surface area contributed by atoms with Crippen molar-refractivity contribution in [3.05, 3.63) is 0 Å². The van der Waals surface area contributed by atoms with Crippen LogP contribution in [0.3, 0.4) is 0 Å². The summed E-state index contributed by atoms with van der Waals surface area (Å²) in [4.78, 5) is 57.1. The lowest BCUT2D eigenvalue weighted by molar-refractivity contribution is -0.143. The fraction of sp³-hybridized carbons (Fsp3) is 0.643. The smallest absolute Gasteiger partial charge is 0.326 e. The molecular formula is C14H26N6O6. The zero-order valence-electron chi connectivity index (χ0n) is 14.3. The van der Waals surface area contributed by atoms with Gasteiger partial charge in [-0.25, -0.2) is 4.79 Å². The highest BCUT2D eigenvalue weighted by atomic mass is 16.4. The largest absolute Gasteiger partial charge is 0.480 e. The van der Waals surface area contributed by atoms with Crippen LogP contribution in [0, 0.1) is 0 Å². The molecule has 148 valence electrons. The molecule has 0 aliphatic rings. The summed E-state index contributed by atoms with van der Waals surface area (Å²) in [5.74, 6) is -4.77. The summed E-state index contributed by atoms with van der Waals surface area (Å²) in [6.45, 7) is 0.364. The first-order valence-corrected chi connectivity index (χ1v) is 7.94. The highest BCUT2D eigenvalue weighted by Gasteiger charge is 2.28. The van der Waals surface area contributed by atoms with Crippen molar-refractivity contribution in [3.63, 3.8) is 0 Å². The predicted octanol–water partition coefficient (Wildman–Crippen LogP) is -3.75. The molecule has 3 atom stereocenters. The lowest BCUT2D eigenvalue weighted by Crippen LogP contribution is -2.55. The number of amides is 4. The van der Waals surface area contributed by atoms with Gasteiger partial charge in [0.2, 0.25) is 23.6 Å². The van der Waals surface area contributed by atoms with E-state index in [1.165, 1.54) is 0 Å². The van der Waals surface area contributed by atoms with Gasteiger partial charge in [-0.05, 0) is 25.8 Å². The Balaban J connectivity index is 5.05. The molecule has 0 aromatic rings. The van der Waals surface area contributed by atoms with Crippen molar-refractivity contribution in [1.29, 1.82) is 0 Å². The van der Waals surface area contributed by atoms with Gasteiger partial charge in [0.05, 0.1) is 18.9 Å². The molecule has 4 amide bonds. The van der Waals surface area contributed by atoms with E-state index in [0.717, 1.165) is 0 Å². The summed E-state index contributed by atoms with van der Waals surface area (Å²) < 4.78 is 0. The number of carboxylic acids is 1. The van der Waals surface area contributed by atoms with E-state index in [9.17, 15) is 24.0 Å². The fourth-order valence-electron chi connectivity index (χ4n) is 2.02. The van der Waals surface area contributed by atoms with Crippen LogP contribution in [0.25, 0.3) is 0 Å². The molecule has 0 aromatic carbocycles. The first-order valence-electron chi connectivity index (χ1n) is 7.94. The quantitative estimate of drug-likeness (QED) is 0.158. The van der Waals surface area contributed by atoms with Crippen molar-refractivity contribution in [1.82, 2.24) is 10.6 Å². The minimum absolute atomic E-state index is 0.154. The topological polar surface area (TPSA) is 234 Å². The maximum absolute atomic E-state index is 12.3. The lowest BCUT2D eigenvalue weighted by atomic mass is 10.1. The van der Waals surface area contributed by atoms with Crippen LogP contribution >= 0.6 is 0 Å². The molecule has 12 nitrogen and oxygen atoms in total. The summed E-state index contributed by atoms with van der Waals surface area (Å²) in [6.07, 6.45) is 0.166. The Kier molecular flexibility index (Phi) is 10.5. The van der Waals surface area contributed by atoms with Crippen molar-refractivity contribution in [2.75, 3.05) is 6.54 Å². The Morgan fingerprint density at radius 2 is 1.38 bits per heavy atom. The Morgan fingerprint density at radius 1 is 0.846 bits per heavy atom. The van der Waals surface area contributed by atoms with Crippen LogP contribution in [0.5, 0.6) is 0 Å². The van der Waals surface area contributed by atoms with E-state index in [1.54, 1.807) is 0 Å². The summed E-state index contributed by atoms with van der Waals surface area (Å²) in [6, 6.07) is -3.91. The number of primary amides is 2. The second-order valence-corrected chi connectivity index (χ2v) is 5.69. The summed E-state index contributed by atoms with van der Waals surface area (Å²) in [5, 5.41) is 13.5. The normalized spacial score (nSPS) is 13.9. The number of nitrogens with two attached hydrogens (primary N) is 4. The first kappa shape index (κ1) is 23.3. The highest BCUT2D eigenvalue weighted by molar-refractivity contribution is 5.94. The molecule has 0 fully saturated rings. The van der Waals surface area contributed by atoms with Crippen LogP contribution in [-0.4, -0.2) is 59.4 Å². The standard InChI is InChI=1S/C14H26N6O6/c15-4-2-1-3-8(19-12(23)7(16)5-10(17)21)13(24)20-9(14(25)26)6-11(18)22/h7-9H,1-6,15-16H2,(H2,17,21)(H2,18,22)(H,19,23)(H,20,24)(H,25,26)/t7-,8-,9-/m0/s1. The van der Waals surface area contributed by atoms with E-state index in [2.05, 4.69) is 10.6 Å². The zero-order chi connectivity index (χ0) is 20.3. The van der Waals surface area contributed by atoms with Gasteiger partial charge in [0.25, 0.3) is 0 Å². The molecule has 0 bridgehead atoms. The monoisotopic (exact) mass is 374 g/mol. The maximum Gasteiger partial charge on any atom is 0.326 e. The number of aliphatic carboxylic acids is 1. The van der Waals surface area contributed by atoms with Gasteiger partial charge < -0.3 is 38.7 Å². The van der Waals surface area contributed by atoms with Gasteiger partial charge in [-0.15, -0.1) is 0 Å². The van der Waals surface area contributed by atoms with Crippen LogP contribution < -0.4 is 33.6 Å². The second-order valence-electron chi connectivity index (χ2n) is 5.69. The van der Waals surface area contributed by atoms with E-state index >= 15 is 0 Å². The fourth-order valence-corrected chi connectivity index (χ4v) is 2.02. The Morgan fingerprint density at radius 3 is 1.85 bits per heavy atom. The van der Waals surface area contributed by atoms with Gasteiger partial charge in [-0.3, -0.25) is 19.2 Å². The number of rotatable bonds is 13. The first-order chi connectivity index (χ1) is 12.1. The molecule has 12 heteroatoms. The van der Waals surface area contributed by atoms with Crippen LogP contribution in [0.2, 0.25) is 0 Å². The molecule has 0 radical (unpaired) electrons. The molecule has 0 saturated carbocycles. The third kappa shape index (κ3) is 9.54. The molecule has 0 saturated heterocycles. The third-order valence-corrected chi connectivity index (χ3v) is 3.36. The molecule has 26 heavy (non-hydrogen) atoms. The maximum atomic E-state index is 12.3. The third-order valence-electron chi connectivity index (χ3n) is 3.36. The van der Waals surface area contributed by atoms with E-state index in [-0.39, 0.29) is 6.42 Å². The Labute approximate surface area is 150 Å². The van der Waals surface area contributed by atoms with Crippen molar-refractivity contribution < 1.29 is 29.1 Å². The number of carbonyl (C=O) groups excluding carboxylic acids is 4. The second kappa shape index (κ2) is 11.8. The molecular weight excluding hydrogens is 348 g/mol. The molecule has 0 aliphatic carbocycles. The molecule has 0 spiro atoms. The summed E-state index contributed by atoms with van der Waals surface area (Å²) in [5.41, 5.74) is 20.8. The van der Waals surface area contributed by atoms with E-state index < -0.39 is 60.6 Å². The molecule has 0 unspecified atom stereocenters. The number of unbranched alkanes of at least 4 members (excludes halogenated alkanes) is 1. The van der Waals surface area contributed by atoms with Crippen LogP contribution in [0.15, 0.2) is 0 Å². The van der Waals surface area contributed by atoms with Crippen molar-refractivity contribution in [2.45, 2.75) is 50.2 Å². The van der Waals surface area contributed by atoms with Gasteiger partial charge in [-0.1, -0.05) is 0 Å². The van der Waals surface area contributed by atoms with E-state index in [4.69, 9.17) is 28.0 Å². The van der Waals surface area contributed by atoms with Crippen LogP contribution in [0.1, 0.15) is 32.1 Å². The van der Waals surface area contributed by atoms with E-state index in [0.29, 0.717) is 19.4 Å². The number of hydrogen-bond acceptors (Lipinski definition) is 7. The van der Waals surface area contributed by atoms with Gasteiger partial charge in [-0.2, -0.15) is 0 Å². The molecule has 0 aliphatic heterocycles. The SMILES string of the molecule is NCCCC[C@H](NC(=O)[C@@H](N)CC(N)=O)C(=O)N[C@@H](CC(N)=O)C(=O)O. The number of nitrogens with one attached hydrogen (secondary N) is 2. The average molecular weight is 374 g/mol. The minimum atomic E-state index is -1.53. The Bertz CT molecular complexity index is 540. The van der Waals surface area contributed by atoms with Gasteiger partial charge in [0.1, 0.15) is 12.1 Å².